The van der Waals surface area contributed by atoms with Crippen molar-refractivity contribution in [2.45, 2.75) is 25.6 Å². The Morgan fingerprint density at radius 2 is 2.50 bits per heavy atom. The third-order valence-corrected chi connectivity index (χ3v) is 4.24. The van der Waals surface area contributed by atoms with Gasteiger partial charge in [0, 0.05) is 13.1 Å². The van der Waals surface area contributed by atoms with Crippen molar-refractivity contribution in [2.24, 2.45) is 0 Å². The molecule has 0 saturated carbocycles. The molecule has 0 radical (unpaired) electrons. The van der Waals surface area contributed by atoms with Crippen molar-refractivity contribution in [3.05, 3.63) is 20.8 Å². The van der Waals surface area contributed by atoms with E-state index >= 15 is 0 Å². The fraction of sp³-hybridized carbons (Fsp3) is 0.545. The third kappa shape index (κ3) is 4.20. The monoisotopic (exact) mass is 354 g/mol. The third-order valence-electron chi connectivity index (χ3n) is 2.69. The van der Waals surface area contributed by atoms with Crippen LogP contribution >= 0.6 is 39.7 Å². The van der Waals surface area contributed by atoms with Crippen LogP contribution < -0.4 is 10.6 Å². The second-order valence-electron chi connectivity index (χ2n) is 3.98. The van der Waals surface area contributed by atoms with Crippen molar-refractivity contribution in [3.8, 4) is 0 Å². The summed E-state index contributed by atoms with van der Waals surface area (Å²) in [5.74, 6) is -0.000442. The fourth-order valence-corrected chi connectivity index (χ4v) is 2.97. The molecule has 1 aliphatic heterocycles. The van der Waals surface area contributed by atoms with Crippen LogP contribution in [-0.2, 0) is 16.1 Å². The SMILES string of the molecule is C[C@H]1OCCN[C@@H]1C(=O)NCc1csc(Br)c1.Cl. The fourth-order valence-electron chi connectivity index (χ4n) is 1.76. The van der Waals surface area contributed by atoms with Gasteiger partial charge in [0.25, 0.3) is 0 Å². The maximum absolute atomic E-state index is 11.9. The molecule has 18 heavy (non-hydrogen) atoms. The Labute approximate surface area is 125 Å². The highest BCUT2D eigenvalue weighted by atomic mass is 79.9. The number of hydrogen-bond acceptors (Lipinski definition) is 4. The maximum Gasteiger partial charge on any atom is 0.240 e. The van der Waals surface area contributed by atoms with Crippen LogP contribution in [0.1, 0.15) is 12.5 Å². The molecule has 0 aliphatic carbocycles. The molecule has 7 heteroatoms. The Balaban J connectivity index is 0.00000162. The highest BCUT2D eigenvalue weighted by molar-refractivity contribution is 9.11. The molecule has 1 fully saturated rings. The molecule has 0 aromatic carbocycles. The van der Waals surface area contributed by atoms with Gasteiger partial charge in [-0.25, -0.2) is 0 Å². The summed E-state index contributed by atoms with van der Waals surface area (Å²) in [4.78, 5) is 11.9. The number of amides is 1. The molecular formula is C11H16BrClN2O2S. The zero-order chi connectivity index (χ0) is 12.3. The molecule has 4 nitrogen and oxygen atoms in total. The highest BCUT2D eigenvalue weighted by Gasteiger charge is 2.27. The molecule has 1 aromatic rings. The lowest BCUT2D eigenvalue weighted by Crippen LogP contribution is -2.55. The molecule has 102 valence electrons. The summed E-state index contributed by atoms with van der Waals surface area (Å²) in [6.07, 6.45) is -0.0713. The molecule has 2 N–H and O–H groups in total. The van der Waals surface area contributed by atoms with Crippen LogP contribution in [0.15, 0.2) is 15.2 Å². The molecule has 1 amide bonds. The van der Waals surface area contributed by atoms with Crippen LogP contribution in [-0.4, -0.2) is 31.2 Å². The molecule has 2 heterocycles. The largest absolute Gasteiger partial charge is 0.375 e. The van der Waals surface area contributed by atoms with Crippen LogP contribution in [0.25, 0.3) is 0 Å². The van der Waals surface area contributed by atoms with Gasteiger partial charge in [0.2, 0.25) is 5.91 Å². The molecule has 0 bridgehead atoms. The van der Waals surface area contributed by atoms with E-state index in [0.29, 0.717) is 13.2 Å². The lowest BCUT2D eigenvalue weighted by molar-refractivity contribution is -0.129. The quantitative estimate of drug-likeness (QED) is 0.871. The van der Waals surface area contributed by atoms with Crippen molar-refractivity contribution in [1.29, 1.82) is 0 Å². The van der Waals surface area contributed by atoms with E-state index in [2.05, 4.69) is 26.6 Å². The second kappa shape index (κ2) is 7.45. The topological polar surface area (TPSA) is 50.4 Å². The van der Waals surface area contributed by atoms with Crippen LogP contribution in [0.4, 0.5) is 0 Å². The Morgan fingerprint density at radius 3 is 3.11 bits per heavy atom. The smallest absolute Gasteiger partial charge is 0.240 e. The van der Waals surface area contributed by atoms with Gasteiger partial charge in [-0.1, -0.05) is 0 Å². The minimum Gasteiger partial charge on any atom is -0.375 e. The number of halogens is 2. The molecule has 1 aliphatic rings. The molecule has 1 saturated heterocycles. The molecular weight excluding hydrogens is 340 g/mol. The van der Waals surface area contributed by atoms with E-state index < -0.39 is 0 Å². The molecule has 1 aromatic heterocycles. The first kappa shape index (κ1) is 15.9. The molecule has 0 unspecified atom stereocenters. The minimum atomic E-state index is -0.245. The van der Waals surface area contributed by atoms with Crippen molar-refractivity contribution in [1.82, 2.24) is 10.6 Å². The highest BCUT2D eigenvalue weighted by Crippen LogP contribution is 2.20. The predicted octanol–water partition coefficient (Wildman–Crippen LogP) is 1.93. The zero-order valence-corrected chi connectivity index (χ0v) is 13.2. The van der Waals surface area contributed by atoms with Crippen LogP contribution in [0.3, 0.4) is 0 Å². The first-order chi connectivity index (χ1) is 8.16. The van der Waals surface area contributed by atoms with Gasteiger partial charge < -0.3 is 15.4 Å². The Morgan fingerprint density at radius 1 is 1.72 bits per heavy atom. The van der Waals surface area contributed by atoms with E-state index in [9.17, 15) is 4.79 Å². The van der Waals surface area contributed by atoms with Crippen molar-refractivity contribution in [3.63, 3.8) is 0 Å². The Bertz CT molecular complexity index is 402. The number of hydrogen-bond donors (Lipinski definition) is 2. The molecule has 2 rings (SSSR count). The van der Waals surface area contributed by atoms with Gasteiger partial charge in [0.15, 0.2) is 0 Å². The summed E-state index contributed by atoms with van der Waals surface area (Å²) < 4.78 is 6.52. The second-order valence-corrected chi connectivity index (χ2v) is 6.28. The van der Waals surface area contributed by atoms with Gasteiger partial charge in [0.1, 0.15) is 6.04 Å². The number of morpholine rings is 1. The Kier molecular flexibility index (Phi) is 6.59. The first-order valence-electron chi connectivity index (χ1n) is 5.52. The summed E-state index contributed by atoms with van der Waals surface area (Å²) >= 11 is 5.02. The lowest BCUT2D eigenvalue weighted by atomic mass is 10.1. The number of carbonyl (C=O) groups excluding carboxylic acids is 1. The van der Waals surface area contributed by atoms with Crippen molar-refractivity contribution >= 4 is 45.6 Å². The van der Waals surface area contributed by atoms with E-state index in [1.807, 2.05) is 18.4 Å². The van der Waals surface area contributed by atoms with Crippen LogP contribution in [0.2, 0.25) is 0 Å². The van der Waals surface area contributed by atoms with Crippen LogP contribution in [0.5, 0.6) is 0 Å². The number of ether oxygens (including phenoxy) is 1. The summed E-state index contributed by atoms with van der Waals surface area (Å²) in [7, 11) is 0. The van der Waals surface area contributed by atoms with E-state index in [4.69, 9.17) is 4.74 Å². The summed E-state index contributed by atoms with van der Waals surface area (Å²) in [6, 6.07) is 1.77. The van der Waals surface area contributed by atoms with Gasteiger partial charge in [0.05, 0.1) is 16.5 Å². The molecule has 0 spiro atoms. The minimum absolute atomic E-state index is 0. The number of carbonyl (C=O) groups is 1. The van der Waals surface area contributed by atoms with Gasteiger partial charge in [-0.05, 0) is 39.9 Å². The average molecular weight is 356 g/mol. The predicted molar refractivity (Wildman–Crippen MR) is 78.3 cm³/mol. The summed E-state index contributed by atoms with van der Waals surface area (Å²) in [6.45, 7) is 3.87. The van der Waals surface area contributed by atoms with E-state index in [1.54, 1.807) is 11.3 Å². The summed E-state index contributed by atoms with van der Waals surface area (Å²) in [5, 5.41) is 8.11. The summed E-state index contributed by atoms with van der Waals surface area (Å²) in [5.41, 5.74) is 1.11. The van der Waals surface area contributed by atoms with Gasteiger partial charge in [-0.3, -0.25) is 4.79 Å². The molecule has 2 atom stereocenters. The normalized spacial score (nSPS) is 23.2. The van der Waals surface area contributed by atoms with Gasteiger partial charge in [-0.2, -0.15) is 0 Å². The van der Waals surface area contributed by atoms with Gasteiger partial charge >= 0.3 is 0 Å². The van der Waals surface area contributed by atoms with E-state index in [0.717, 1.165) is 15.9 Å². The number of thiophene rings is 1. The van der Waals surface area contributed by atoms with Crippen LogP contribution in [0, 0.1) is 0 Å². The first-order valence-corrected chi connectivity index (χ1v) is 7.19. The number of rotatable bonds is 3. The van der Waals surface area contributed by atoms with Gasteiger partial charge in [-0.15, -0.1) is 23.7 Å². The van der Waals surface area contributed by atoms with Crippen molar-refractivity contribution < 1.29 is 9.53 Å². The van der Waals surface area contributed by atoms with Crippen molar-refractivity contribution in [2.75, 3.05) is 13.2 Å². The number of nitrogens with one attached hydrogen (secondary N) is 2. The van der Waals surface area contributed by atoms with E-state index in [-0.39, 0.29) is 30.5 Å². The van der Waals surface area contributed by atoms with E-state index in [1.165, 1.54) is 0 Å². The average Bonchev–Trinajstić information content (AvgIpc) is 2.73. The zero-order valence-electron chi connectivity index (χ0n) is 9.94. The lowest BCUT2D eigenvalue weighted by Gasteiger charge is -2.29. The Hall–Kier alpha value is -0.140. The standard InChI is InChI=1S/C11H15BrN2O2S.ClH/c1-7-10(13-2-3-16-7)11(15)14-5-8-4-9(12)17-6-8;/h4,6-7,10,13H,2-3,5H2,1H3,(H,14,15);1H/t7-,10+;/m1./s1. The maximum atomic E-state index is 11.9.